The zero-order valence-corrected chi connectivity index (χ0v) is 13.5. The predicted molar refractivity (Wildman–Crippen MR) is 83.1 cm³/mol. The molecule has 0 saturated carbocycles. The molecular formula is C14H24N2O8. The number of primary amides is 1. The molecule has 0 aromatic carbocycles. The number of hydrogen-bond acceptors (Lipinski definition) is 6. The Morgan fingerprint density at radius 3 is 1.79 bits per heavy atom. The number of carboxylic acids is 3. The standard InChI is InChI=1S/C10H20N2O4.C4H4O4/c1-6(2)3-7(10(15)16)8(13)4-12-5-9(11)14;5-3(6)1-2-4(7)8/h6-8,12-13H,3-5H2,1-2H3,(H2,11,14)(H,15,16);1-2H,(H,5,6)(H,7,8). The highest BCUT2D eigenvalue weighted by Crippen LogP contribution is 2.15. The van der Waals surface area contributed by atoms with Crippen molar-refractivity contribution in [2.75, 3.05) is 13.1 Å². The number of carbonyl (C=O) groups excluding carboxylic acids is 1. The van der Waals surface area contributed by atoms with Crippen LogP contribution in [0.2, 0.25) is 0 Å². The maximum absolute atomic E-state index is 10.9. The van der Waals surface area contributed by atoms with Crippen LogP contribution < -0.4 is 11.1 Å². The van der Waals surface area contributed by atoms with Crippen molar-refractivity contribution in [3.63, 3.8) is 0 Å². The Labute approximate surface area is 139 Å². The van der Waals surface area contributed by atoms with Crippen molar-refractivity contribution >= 4 is 23.8 Å². The van der Waals surface area contributed by atoms with Crippen molar-refractivity contribution in [2.45, 2.75) is 26.4 Å². The lowest BCUT2D eigenvalue weighted by atomic mass is 9.92. The highest BCUT2D eigenvalue weighted by Gasteiger charge is 2.26. The van der Waals surface area contributed by atoms with E-state index in [-0.39, 0.29) is 19.0 Å². The highest BCUT2D eigenvalue weighted by molar-refractivity contribution is 5.89. The minimum atomic E-state index is -1.26. The zero-order chi connectivity index (χ0) is 19.3. The lowest BCUT2D eigenvalue weighted by Gasteiger charge is -2.20. The largest absolute Gasteiger partial charge is 0.481 e. The lowest BCUT2D eigenvalue weighted by Crippen LogP contribution is -2.40. The monoisotopic (exact) mass is 348 g/mol. The molecule has 0 radical (unpaired) electrons. The van der Waals surface area contributed by atoms with Gasteiger partial charge in [-0.05, 0) is 12.3 Å². The molecular weight excluding hydrogens is 324 g/mol. The van der Waals surface area contributed by atoms with Gasteiger partial charge < -0.3 is 31.5 Å². The van der Waals surface area contributed by atoms with Crippen LogP contribution in [-0.4, -0.2) is 63.4 Å². The molecule has 2 atom stereocenters. The summed E-state index contributed by atoms with van der Waals surface area (Å²) in [7, 11) is 0. The van der Waals surface area contributed by atoms with Crippen molar-refractivity contribution in [2.24, 2.45) is 17.6 Å². The molecule has 0 heterocycles. The van der Waals surface area contributed by atoms with E-state index < -0.39 is 35.8 Å². The number of carboxylic acid groups (broad SMARTS) is 3. The molecule has 0 fully saturated rings. The molecule has 10 heteroatoms. The van der Waals surface area contributed by atoms with Crippen LogP contribution in [0.25, 0.3) is 0 Å². The average Bonchev–Trinajstić information content (AvgIpc) is 2.42. The van der Waals surface area contributed by atoms with Crippen LogP contribution in [0.15, 0.2) is 12.2 Å². The Balaban J connectivity index is 0. The van der Waals surface area contributed by atoms with Crippen LogP contribution >= 0.6 is 0 Å². The van der Waals surface area contributed by atoms with Gasteiger partial charge in [-0.3, -0.25) is 9.59 Å². The molecule has 0 bridgehead atoms. The number of aliphatic hydroxyl groups excluding tert-OH is 1. The molecule has 0 aliphatic carbocycles. The molecule has 10 nitrogen and oxygen atoms in total. The Morgan fingerprint density at radius 1 is 1.04 bits per heavy atom. The first-order valence-electron chi connectivity index (χ1n) is 7.01. The molecule has 24 heavy (non-hydrogen) atoms. The molecule has 0 spiro atoms. The average molecular weight is 348 g/mol. The second-order valence-corrected chi connectivity index (χ2v) is 5.25. The van der Waals surface area contributed by atoms with Gasteiger partial charge in [0.15, 0.2) is 0 Å². The number of aliphatic carboxylic acids is 3. The zero-order valence-electron chi connectivity index (χ0n) is 13.5. The number of carbonyl (C=O) groups is 4. The van der Waals surface area contributed by atoms with E-state index in [9.17, 15) is 24.3 Å². The topological polar surface area (TPSA) is 187 Å². The normalized spacial score (nSPS) is 13.0. The number of hydrogen-bond donors (Lipinski definition) is 6. The summed E-state index contributed by atoms with van der Waals surface area (Å²) in [5.41, 5.74) is 4.90. The van der Waals surface area contributed by atoms with E-state index in [1.165, 1.54) is 0 Å². The van der Waals surface area contributed by atoms with E-state index in [0.29, 0.717) is 18.6 Å². The van der Waals surface area contributed by atoms with Gasteiger partial charge in [-0.1, -0.05) is 13.8 Å². The van der Waals surface area contributed by atoms with Gasteiger partial charge in [-0.15, -0.1) is 0 Å². The molecule has 2 unspecified atom stereocenters. The molecule has 1 amide bonds. The minimum Gasteiger partial charge on any atom is -0.481 e. The van der Waals surface area contributed by atoms with Gasteiger partial charge in [0.25, 0.3) is 0 Å². The molecule has 0 aromatic heterocycles. The Kier molecular flexibility index (Phi) is 12.9. The maximum Gasteiger partial charge on any atom is 0.328 e. The molecule has 0 rings (SSSR count). The van der Waals surface area contributed by atoms with Gasteiger partial charge in [-0.2, -0.15) is 0 Å². The van der Waals surface area contributed by atoms with Crippen LogP contribution in [0.3, 0.4) is 0 Å². The van der Waals surface area contributed by atoms with Gasteiger partial charge in [-0.25, -0.2) is 9.59 Å². The van der Waals surface area contributed by atoms with Crippen molar-refractivity contribution in [1.29, 1.82) is 0 Å². The molecule has 0 aliphatic rings. The van der Waals surface area contributed by atoms with Crippen molar-refractivity contribution in [1.82, 2.24) is 5.32 Å². The first-order chi connectivity index (χ1) is 11.0. The smallest absolute Gasteiger partial charge is 0.328 e. The van der Waals surface area contributed by atoms with Crippen LogP contribution in [0.1, 0.15) is 20.3 Å². The third kappa shape index (κ3) is 15.9. The second-order valence-electron chi connectivity index (χ2n) is 5.25. The first-order valence-corrected chi connectivity index (χ1v) is 7.01. The third-order valence-electron chi connectivity index (χ3n) is 2.53. The number of amides is 1. The van der Waals surface area contributed by atoms with Gasteiger partial charge in [0, 0.05) is 18.7 Å². The number of rotatable bonds is 10. The van der Waals surface area contributed by atoms with E-state index in [0.717, 1.165) is 0 Å². The van der Waals surface area contributed by atoms with Crippen LogP contribution in [-0.2, 0) is 19.2 Å². The van der Waals surface area contributed by atoms with E-state index in [4.69, 9.17) is 21.1 Å². The van der Waals surface area contributed by atoms with Gasteiger partial charge in [0.2, 0.25) is 5.91 Å². The van der Waals surface area contributed by atoms with E-state index in [2.05, 4.69) is 5.32 Å². The summed E-state index contributed by atoms with van der Waals surface area (Å²) in [5, 5.41) is 36.8. The Morgan fingerprint density at radius 2 is 1.50 bits per heavy atom. The quantitative estimate of drug-likeness (QED) is 0.266. The van der Waals surface area contributed by atoms with Gasteiger partial charge >= 0.3 is 17.9 Å². The third-order valence-corrected chi connectivity index (χ3v) is 2.53. The van der Waals surface area contributed by atoms with E-state index in [1.54, 1.807) is 0 Å². The maximum atomic E-state index is 10.9. The first kappa shape index (κ1) is 23.8. The van der Waals surface area contributed by atoms with E-state index >= 15 is 0 Å². The molecule has 7 N–H and O–H groups in total. The van der Waals surface area contributed by atoms with Gasteiger partial charge in [0.05, 0.1) is 18.6 Å². The van der Waals surface area contributed by atoms with Gasteiger partial charge in [0.1, 0.15) is 0 Å². The van der Waals surface area contributed by atoms with Crippen LogP contribution in [0.4, 0.5) is 0 Å². The van der Waals surface area contributed by atoms with E-state index in [1.807, 2.05) is 13.8 Å². The van der Waals surface area contributed by atoms with Crippen molar-refractivity contribution in [3.8, 4) is 0 Å². The number of nitrogens with two attached hydrogens (primary N) is 1. The summed E-state index contributed by atoms with van der Waals surface area (Å²) in [6.07, 6.45) is 0.499. The summed E-state index contributed by atoms with van der Waals surface area (Å²) in [6, 6.07) is 0. The Hall–Kier alpha value is -2.46. The van der Waals surface area contributed by atoms with Crippen LogP contribution in [0, 0.1) is 11.8 Å². The Bertz CT molecular complexity index is 446. The SMILES string of the molecule is CC(C)CC(C(=O)O)C(O)CNCC(N)=O.O=C(O)C=CC(=O)O. The van der Waals surface area contributed by atoms with Crippen LogP contribution in [0.5, 0.6) is 0 Å². The molecule has 0 aliphatic heterocycles. The minimum absolute atomic E-state index is 0.0482. The fraction of sp³-hybridized carbons (Fsp3) is 0.571. The summed E-state index contributed by atoms with van der Waals surface area (Å²) in [6.45, 7) is 3.76. The molecule has 0 saturated heterocycles. The summed E-state index contributed by atoms with van der Waals surface area (Å²) in [5.74, 6) is -4.71. The molecule has 138 valence electrons. The van der Waals surface area contributed by atoms with Crippen molar-refractivity contribution in [3.05, 3.63) is 12.2 Å². The predicted octanol–water partition coefficient (Wildman–Crippen LogP) is -1.12. The summed E-state index contributed by atoms with van der Waals surface area (Å²) in [4.78, 5) is 40.4. The molecule has 0 aromatic rings. The fourth-order valence-corrected chi connectivity index (χ4v) is 1.56. The van der Waals surface area contributed by atoms with Crippen molar-refractivity contribution < 1.29 is 39.6 Å². The second kappa shape index (κ2) is 13.0. The number of aliphatic hydroxyl groups is 1. The lowest BCUT2D eigenvalue weighted by molar-refractivity contribution is -0.146. The summed E-state index contributed by atoms with van der Waals surface area (Å²) >= 11 is 0. The fourth-order valence-electron chi connectivity index (χ4n) is 1.56. The highest BCUT2D eigenvalue weighted by atomic mass is 16.4. The summed E-state index contributed by atoms with van der Waals surface area (Å²) < 4.78 is 0. The number of nitrogens with one attached hydrogen (secondary N) is 1.